The molecular weight excluding hydrogens is 256 g/mol. The maximum atomic E-state index is 11.1. The molecule has 0 saturated carbocycles. The van der Waals surface area contributed by atoms with Crippen LogP contribution < -0.4 is 10.6 Å². The summed E-state index contributed by atoms with van der Waals surface area (Å²) in [6.07, 6.45) is 1.52. The zero-order chi connectivity index (χ0) is 14.5. The molecule has 0 aliphatic carbocycles. The minimum atomic E-state index is -0.475. The third-order valence-electron chi connectivity index (χ3n) is 2.91. The Labute approximate surface area is 117 Å². The number of benzene rings is 1. The Morgan fingerprint density at radius 2 is 1.95 bits per heavy atom. The van der Waals surface area contributed by atoms with E-state index in [0.717, 1.165) is 16.9 Å². The highest BCUT2D eigenvalue weighted by Gasteiger charge is 2.03. The smallest absolute Gasteiger partial charge is 0.411 e. The van der Waals surface area contributed by atoms with Crippen molar-refractivity contribution >= 4 is 17.5 Å². The molecule has 6 nitrogen and oxygen atoms in total. The van der Waals surface area contributed by atoms with Crippen molar-refractivity contribution in [2.24, 2.45) is 7.05 Å². The van der Waals surface area contributed by atoms with Crippen LogP contribution in [0.25, 0.3) is 0 Å². The lowest BCUT2D eigenvalue weighted by Gasteiger charge is -2.07. The molecule has 2 N–H and O–H groups in total. The molecule has 0 radical (unpaired) electrons. The van der Waals surface area contributed by atoms with Crippen molar-refractivity contribution in [2.45, 2.75) is 13.5 Å². The number of anilines is 2. The van der Waals surface area contributed by atoms with Crippen molar-refractivity contribution in [2.75, 3.05) is 17.7 Å². The number of rotatable bonds is 4. The van der Waals surface area contributed by atoms with Gasteiger partial charge in [-0.2, -0.15) is 5.10 Å². The number of amides is 1. The summed E-state index contributed by atoms with van der Waals surface area (Å²) in [5.74, 6) is 0. The van der Waals surface area contributed by atoms with E-state index in [2.05, 4.69) is 20.5 Å². The average molecular weight is 274 g/mol. The molecule has 1 aromatic heterocycles. The molecule has 1 aromatic carbocycles. The topological polar surface area (TPSA) is 68.2 Å². The molecule has 6 heteroatoms. The van der Waals surface area contributed by atoms with Gasteiger partial charge in [-0.3, -0.25) is 10.00 Å². The molecule has 20 heavy (non-hydrogen) atoms. The first-order valence-corrected chi connectivity index (χ1v) is 6.26. The van der Waals surface area contributed by atoms with Crippen molar-refractivity contribution in [3.63, 3.8) is 0 Å². The molecule has 1 heterocycles. The number of carbonyl (C=O) groups excluding carboxylic acids is 1. The predicted octanol–water partition coefficient (Wildman–Crippen LogP) is 2.52. The van der Waals surface area contributed by atoms with Crippen molar-refractivity contribution in [1.29, 1.82) is 0 Å². The molecule has 106 valence electrons. The standard InChI is InChI=1S/C14H18N4O2/c1-10-11(9-18(2)17-10)8-15-12-4-6-13(7-5-12)16-14(19)20-3/h4-7,9,15H,8H2,1-3H3,(H,16,19). The number of aromatic nitrogens is 2. The van der Waals surface area contributed by atoms with Crippen LogP contribution in [0.3, 0.4) is 0 Å². The van der Waals surface area contributed by atoms with Gasteiger partial charge < -0.3 is 10.1 Å². The maximum absolute atomic E-state index is 11.1. The summed E-state index contributed by atoms with van der Waals surface area (Å²) < 4.78 is 6.33. The Kier molecular flexibility index (Phi) is 4.24. The Morgan fingerprint density at radius 1 is 1.30 bits per heavy atom. The van der Waals surface area contributed by atoms with E-state index in [9.17, 15) is 4.79 Å². The number of ether oxygens (including phenoxy) is 1. The van der Waals surface area contributed by atoms with E-state index in [0.29, 0.717) is 12.2 Å². The van der Waals surface area contributed by atoms with Crippen molar-refractivity contribution in [1.82, 2.24) is 9.78 Å². The fourth-order valence-electron chi connectivity index (χ4n) is 1.86. The summed E-state index contributed by atoms with van der Waals surface area (Å²) in [5, 5.41) is 10.2. The highest BCUT2D eigenvalue weighted by atomic mass is 16.5. The zero-order valence-electron chi connectivity index (χ0n) is 11.8. The number of nitrogens with one attached hydrogen (secondary N) is 2. The lowest BCUT2D eigenvalue weighted by Crippen LogP contribution is -2.10. The number of nitrogens with zero attached hydrogens (tertiary/aromatic N) is 2. The van der Waals surface area contributed by atoms with E-state index in [4.69, 9.17) is 0 Å². The van der Waals surface area contributed by atoms with Gasteiger partial charge in [0.2, 0.25) is 0 Å². The van der Waals surface area contributed by atoms with Gasteiger partial charge in [-0.15, -0.1) is 0 Å². The van der Waals surface area contributed by atoms with Crippen LogP contribution in [-0.4, -0.2) is 23.0 Å². The molecule has 1 amide bonds. The van der Waals surface area contributed by atoms with Gasteiger partial charge in [0, 0.05) is 36.7 Å². The van der Waals surface area contributed by atoms with E-state index < -0.39 is 6.09 Å². The number of methoxy groups -OCH3 is 1. The third-order valence-corrected chi connectivity index (χ3v) is 2.91. The summed E-state index contributed by atoms with van der Waals surface area (Å²) in [6, 6.07) is 7.43. The van der Waals surface area contributed by atoms with Crippen LogP contribution in [0.1, 0.15) is 11.3 Å². The average Bonchev–Trinajstić information content (AvgIpc) is 2.76. The van der Waals surface area contributed by atoms with Gasteiger partial charge >= 0.3 is 6.09 Å². The summed E-state index contributed by atoms with van der Waals surface area (Å²) in [5.41, 5.74) is 3.84. The van der Waals surface area contributed by atoms with Gasteiger partial charge in [-0.1, -0.05) is 0 Å². The number of aryl methyl sites for hydroxylation is 2. The van der Waals surface area contributed by atoms with Crippen molar-refractivity contribution in [3.05, 3.63) is 41.7 Å². The fourth-order valence-corrected chi connectivity index (χ4v) is 1.86. The number of hydrogen-bond donors (Lipinski definition) is 2. The van der Waals surface area contributed by atoms with Gasteiger partial charge in [-0.05, 0) is 31.2 Å². The van der Waals surface area contributed by atoms with Gasteiger partial charge in [0.1, 0.15) is 0 Å². The lowest BCUT2D eigenvalue weighted by molar-refractivity contribution is 0.187. The predicted molar refractivity (Wildman–Crippen MR) is 77.7 cm³/mol. The van der Waals surface area contributed by atoms with Crippen LogP contribution in [0, 0.1) is 6.92 Å². The normalized spacial score (nSPS) is 10.2. The van der Waals surface area contributed by atoms with Gasteiger partial charge in [0.05, 0.1) is 12.8 Å². The van der Waals surface area contributed by atoms with Crippen LogP contribution >= 0.6 is 0 Å². The zero-order valence-corrected chi connectivity index (χ0v) is 11.8. The summed E-state index contributed by atoms with van der Waals surface area (Å²) in [7, 11) is 3.24. The van der Waals surface area contributed by atoms with Crippen molar-refractivity contribution in [3.8, 4) is 0 Å². The summed E-state index contributed by atoms with van der Waals surface area (Å²) in [4.78, 5) is 11.1. The minimum absolute atomic E-state index is 0.475. The highest BCUT2D eigenvalue weighted by Crippen LogP contribution is 2.15. The monoisotopic (exact) mass is 274 g/mol. The fraction of sp³-hybridized carbons (Fsp3) is 0.286. The second kappa shape index (κ2) is 6.10. The quantitative estimate of drug-likeness (QED) is 0.899. The molecule has 2 aromatic rings. The number of hydrogen-bond acceptors (Lipinski definition) is 4. The van der Waals surface area contributed by atoms with E-state index in [1.165, 1.54) is 7.11 Å². The minimum Gasteiger partial charge on any atom is -0.453 e. The van der Waals surface area contributed by atoms with Gasteiger partial charge in [0.15, 0.2) is 0 Å². The SMILES string of the molecule is COC(=O)Nc1ccc(NCc2cn(C)nc2C)cc1. The Bertz CT molecular complexity index is 590. The first-order valence-electron chi connectivity index (χ1n) is 6.26. The Balaban J connectivity index is 1.94. The molecule has 2 rings (SSSR count). The van der Waals surface area contributed by atoms with E-state index >= 15 is 0 Å². The number of carbonyl (C=O) groups is 1. The van der Waals surface area contributed by atoms with Crippen LogP contribution in [0.15, 0.2) is 30.5 Å². The van der Waals surface area contributed by atoms with E-state index in [1.54, 1.807) is 4.68 Å². The molecule has 0 spiro atoms. The van der Waals surface area contributed by atoms with E-state index in [1.807, 2.05) is 44.4 Å². The van der Waals surface area contributed by atoms with Gasteiger partial charge in [0.25, 0.3) is 0 Å². The summed E-state index contributed by atoms with van der Waals surface area (Å²) in [6.45, 7) is 2.70. The molecule has 0 fully saturated rings. The Hall–Kier alpha value is -2.50. The second-order valence-corrected chi connectivity index (χ2v) is 4.46. The molecule has 0 aliphatic heterocycles. The molecule has 0 saturated heterocycles. The van der Waals surface area contributed by atoms with Crippen LogP contribution in [0.5, 0.6) is 0 Å². The lowest BCUT2D eigenvalue weighted by atomic mass is 10.2. The maximum Gasteiger partial charge on any atom is 0.411 e. The highest BCUT2D eigenvalue weighted by molar-refractivity contribution is 5.84. The molecule has 0 aliphatic rings. The largest absolute Gasteiger partial charge is 0.453 e. The molecule has 0 atom stereocenters. The van der Waals surface area contributed by atoms with Crippen LogP contribution in [-0.2, 0) is 18.3 Å². The summed E-state index contributed by atoms with van der Waals surface area (Å²) >= 11 is 0. The second-order valence-electron chi connectivity index (χ2n) is 4.46. The van der Waals surface area contributed by atoms with E-state index in [-0.39, 0.29) is 0 Å². The van der Waals surface area contributed by atoms with Gasteiger partial charge in [-0.25, -0.2) is 4.79 Å². The first kappa shape index (κ1) is 13.9. The molecule has 0 bridgehead atoms. The third kappa shape index (κ3) is 3.50. The Morgan fingerprint density at radius 3 is 2.50 bits per heavy atom. The van der Waals surface area contributed by atoms with Crippen LogP contribution in [0.2, 0.25) is 0 Å². The van der Waals surface area contributed by atoms with Crippen LogP contribution in [0.4, 0.5) is 16.2 Å². The molecule has 0 unspecified atom stereocenters. The first-order chi connectivity index (χ1) is 9.58. The van der Waals surface area contributed by atoms with Crippen molar-refractivity contribution < 1.29 is 9.53 Å². The molecular formula is C14H18N4O2.